The number of anilines is 1. The third kappa shape index (κ3) is 5.21. The van der Waals surface area contributed by atoms with Gasteiger partial charge in [-0.25, -0.2) is 0 Å². The maximum Gasteiger partial charge on any atom is 0.310 e. The van der Waals surface area contributed by atoms with Crippen LogP contribution in [0.4, 0.5) is 5.69 Å². The lowest BCUT2D eigenvalue weighted by atomic mass is 9.74. The minimum absolute atomic E-state index is 0.00623. The lowest BCUT2D eigenvalue weighted by Gasteiger charge is -2.28. The zero-order valence-corrected chi connectivity index (χ0v) is 18.1. The van der Waals surface area contributed by atoms with Gasteiger partial charge in [0.1, 0.15) is 0 Å². The molecule has 3 aromatic rings. The molecule has 3 aromatic carbocycles. The fourth-order valence-corrected chi connectivity index (χ4v) is 3.99. The molecule has 3 rings (SSSR count). The summed E-state index contributed by atoms with van der Waals surface area (Å²) in [5, 5.41) is 10.0. The quantitative estimate of drug-likeness (QED) is 0.335. The van der Waals surface area contributed by atoms with E-state index in [1.54, 1.807) is 0 Å². The van der Waals surface area contributed by atoms with Crippen molar-refractivity contribution < 1.29 is 14.7 Å². The van der Waals surface area contributed by atoms with Crippen LogP contribution in [-0.2, 0) is 11.2 Å². The molecule has 0 saturated carbocycles. The van der Waals surface area contributed by atoms with Crippen LogP contribution < -0.4 is 5.73 Å². The number of ketones is 1. The van der Waals surface area contributed by atoms with Gasteiger partial charge in [0.05, 0.1) is 5.41 Å². The van der Waals surface area contributed by atoms with Crippen LogP contribution in [-0.4, -0.2) is 16.9 Å². The second-order valence-corrected chi connectivity index (χ2v) is 8.18. The Hall–Kier alpha value is -3.40. The fourth-order valence-electron chi connectivity index (χ4n) is 3.99. The first-order valence-electron chi connectivity index (χ1n) is 10.6. The second kappa shape index (κ2) is 9.61. The highest BCUT2D eigenvalue weighted by Crippen LogP contribution is 2.35. The zero-order valence-electron chi connectivity index (χ0n) is 18.1. The molecule has 160 valence electrons. The highest BCUT2D eigenvalue weighted by molar-refractivity contribution is 6.00. The summed E-state index contributed by atoms with van der Waals surface area (Å²) in [4.78, 5) is 25.4. The number of carboxylic acid groups (broad SMARTS) is 1. The minimum atomic E-state index is -1.07. The topological polar surface area (TPSA) is 80.4 Å². The van der Waals surface area contributed by atoms with Gasteiger partial charge in [-0.1, -0.05) is 67.6 Å². The number of benzene rings is 3. The number of rotatable bonds is 9. The molecule has 0 spiro atoms. The lowest BCUT2D eigenvalue weighted by molar-refractivity contribution is -0.149. The summed E-state index contributed by atoms with van der Waals surface area (Å²) < 4.78 is 0. The van der Waals surface area contributed by atoms with Crippen LogP contribution in [0.25, 0.3) is 11.1 Å². The van der Waals surface area contributed by atoms with E-state index in [9.17, 15) is 14.7 Å². The van der Waals surface area contributed by atoms with Gasteiger partial charge in [-0.3, -0.25) is 9.59 Å². The number of hydrogen-bond acceptors (Lipinski definition) is 3. The number of aliphatic carboxylic acids is 1. The predicted octanol–water partition coefficient (Wildman–Crippen LogP) is 5.93. The van der Waals surface area contributed by atoms with E-state index in [1.807, 2.05) is 86.6 Å². The number of hydrogen-bond donors (Lipinski definition) is 2. The van der Waals surface area contributed by atoms with Crippen molar-refractivity contribution in [3.05, 3.63) is 89.5 Å². The summed E-state index contributed by atoms with van der Waals surface area (Å²) in [6.45, 7) is 3.75. The van der Waals surface area contributed by atoms with Crippen LogP contribution >= 0.6 is 0 Å². The first-order chi connectivity index (χ1) is 14.8. The SMILES string of the molecule is CCC(CCc1ccccc1)(CC(=O)c1ccc(-c2ccc(N)cc2)cc1C)C(=O)O. The molecule has 0 radical (unpaired) electrons. The van der Waals surface area contributed by atoms with Crippen molar-refractivity contribution >= 4 is 17.4 Å². The summed E-state index contributed by atoms with van der Waals surface area (Å²) in [6, 6.07) is 23.1. The number of carbonyl (C=O) groups excluding carboxylic acids is 1. The van der Waals surface area contributed by atoms with Gasteiger partial charge in [-0.15, -0.1) is 0 Å². The van der Waals surface area contributed by atoms with Crippen LogP contribution in [0.1, 0.15) is 47.7 Å². The van der Waals surface area contributed by atoms with Crippen LogP contribution in [0.3, 0.4) is 0 Å². The van der Waals surface area contributed by atoms with Crippen molar-refractivity contribution in [3.8, 4) is 11.1 Å². The first kappa shape index (κ1) is 22.3. The van der Waals surface area contributed by atoms with Crippen molar-refractivity contribution in [2.75, 3.05) is 5.73 Å². The Kier molecular flexibility index (Phi) is 6.91. The van der Waals surface area contributed by atoms with Gasteiger partial charge in [0.2, 0.25) is 0 Å². The number of Topliss-reactive ketones (excluding diaryl/α,β-unsaturated/α-hetero) is 1. The molecule has 0 heterocycles. The summed E-state index contributed by atoms with van der Waals surface area (Å²) in [5.41, 5.74) is 9.92. The van der Waals surface area contributed by atoms with Gasteiger partial charge in [0.25, 0.3) is 0 Å². The number of aryl methyl sites for hydroxylation is 2. The molecule has 0 aliphatic carbocycles. The van der Waals surface area contributed by atoms with E-state index in [2.05, 4.69) is 0 Å². The maximum absolute atomic E-state index is 13.2. The van der Waals surface area contributed by atoms with Gasteiger partial charge in [0, 0.05) is 17.7 Å². The van der Waals surface area contributed by atoms with E-state index < -0.39 is 11.4 Å². The number of carbonyl (C=O) groups is 2. The van der Waals surface area contributed by atoms with Crippen molar-refractivity contribution in [2.24, 2.45) is 5.41 Å². The molecule has 4 heteroatoms. The van der Waals surface area contributed by atoms with Gasteiger partial charge in [0.15, 0.2) is 5.78 Å². The third-order valence-electron chi connectivity index (χ3n) is 6.14. The van der Waals surface area contributed by atoms with Crippen molar-refractivity contribution in [1.82, 2.24) is 0 Å². The molecule has 1 unspecified atom stereocenters. The molecule has 0 amide bonds. The largest absolute Gasteiger partial charge is 0.481 e. The molecule has 0 aliphatic heterocycles. The maximum atomic E-state index is 13.2. The molecule has 0 bridgehead atoms. The van der Waals surface area contributed by atoms with Crippen LogP contribution in [0.2, 0.25) is 0 Å². The highest BCUT2D eigenvalue weighted by Gasteiger charge is 2.39. The smallest absolute Gasteiger partial charge is 0.310 e. The molecule has 0 fully saturated rings. The van der Waals surface area contributed by atoms with Crippen molar-refractivity contribution in [2.45, 2.75) is 39.5 Å². The van der Waals surface area contributed by atoms with E-state index in [4.69, 9.17) is 5.73 Å². The van der Waals surface area contributed by atoms with Crippen molar-refractivity contribution in [1.29, 1.82) is 0 Å². The number of carboxylic acids is 1. The Morgan fingerprint density at radius 1 is 0.935 bits per heavy atom. The van der Waals surface area contributed by atoms with E-state index in [-0.39, 0.29) is 12.2 Å². The Bertz CT molecular complexity index is 1060. The summed E-state index contributed by atoms with van der Waals surface area (Å²) >= 11 is 0. The van der Waals surface area contributed by atoms with E-state index in [0.717, 1.165) is 22.3 Å². The molecule has 31 heavy (non-hydrogen) atoms. The van der Waals surface area contributed by atoms with Gasteiger partial charge < -0.3 is 10.8 Å². The minimum Gasteiger partial charge on any atom is -0.481 e. The fraction of sp³-hybridized carbons (Fsp3) is 0.259. The lowest BCUT2D eigenvalue weighted by Crippen LogP contribution is -2.34. The number of nitrogens with two attached hydrogens (primary N) is 1. The molecule has 3 N–H and O–H groups in total. The summed E-state index contributed by atoms with van der Waals surface area (Å²) in [6.07, 6.45) is 1.46. The van der Waals surface area contributed by atoms with E-state index in [0.29, 0.717) is 30.5 Å². The van der Waals surface area contributed by atoms with Gasteiger partial charge in [-0.05, 0) is 60.6 Å². The second-order valence-electron chi connectivity index (χ2n) is 8.18. The monoisotopic (exact) mass is 415 g/mol. The van der Waals surface area contributed by atoms with E-state index in [1.165, 1.54) is 0 Å². The average Bonchev–Trinajstić information content (AvgIpc) is 2.77. The molecule has 0 saturated heterocycles. The Labute approximate surface area is 183 Å². The molecule has 0 aliphatic rings. The van der Waals surface area contributed by atoms with Gasteiger partial charge in [-0.2, -0.15) is 0 Å². The summed E-state index contributed by atoms with van der Waals surface area (Å²) in [5.74, 6) is -1.03. The highest BCUT2D eigenvalue weighted by atomic mass is 16.4. The molecular weight excluding hydrogens is 386 g/mol. The predicted molar refractivity (Wildman–Crippen MR) is 125 cm³/mol. The van der Waals surface area contributed by atoms with Gasteiger partial charge >= 0.3 is 5.97 Å². The zero-order chi connectivity index (χ0) is 22.4. The third-order valence-corrected chi connectivity index (χ3v) is 6.14. The standard InChI is InChI=1S/C27H29NO3/c1-3-27(26(30)31,16-15-20-7-5-4-6-8-20)18-25(29)24-14-11-22(17-19(24)2)21-9-12-23(28)13-10-21/h4-14,17H,3,15-16,18,28H2,1-2H3,(H,30,31). The molecule has 1 atom stereocenters. The van der Waals surface area contributed by atoms with Crippen molar-refractivity contribution in [3.63, 3.8) is 0 Å². The molecule has 4 nitrogen and oxygen atoms in total. The number of nitrogen functional groups attached to an aromatic ring is 1. The van der Waals surface area contributed by atoms with E-state index >= 15 is 0 Å². The Morgan fingerprint density at radius 3 is 2.16 bits per heavy atom. The Morgan fingerprint density at radius 2 is 1.58 bits per heavy atom. The van der Waals surface area contributed by atoms with Crippen LogP contribution in [0, 0.1) is 12.3 Å². The normalized spacial score (nSPS) is 12.8. The summed E-state index contributed by atoms with van der Waals surface area (Å²) in [7, 11) is 0. The average molecular weight is 416 g/mol. The molecule has 0 aromatic heterocycles. The van der Waals surface area contributed by atoms with Crippen LogP contribution in [0.5, 0.6) is 0 Å². The first-order valence-corrected chi connectivity index (χ1v) is 10.6. The van der Waals surface area contributed by atoms with Crippen LogP contribution in [0.15, 0.2) is 72.8 Å². The Balaban J connectivity index is 1.81. The molecular formula is C27H29NO3.